The molecule has 0 spiro atoms. The maximum Gasteiger partial charge on any atom is 0.264 e. The predicted octanol–water partition coefficient (Wildman–Crippen LogP) is 6.08. The van der Waals surface area contributed by atoms with E-state index in [1.807, 2.05) is 37.3 Å². The summed E-state index contributed by atoms with van der Waals surface area (Å²) in [6, 6.07) is 11.3. The van der Waals surface area contributed by atoms with Gasteiger partial charge in [-0.2, -0.15) is 0 Å². The van der Waals surface area contributed by atoms with Crippen LogP contribution >= 0.6 is 11.6 Å². The lowest BCUT2D eigenvalue weighted by atomic mass is 9.66. The molecule has 1 aliphatic carbocycles. The van der Waals surface area contributed by atoms with Gasteiger partial charge >= 0.3 is 0 Å². The average molecular weight is 670 g/mol. The minimum Gasteiger partial charge on any atom is -0.487 e. The van der Waals surface area contributed by atoms with Gasteiger partial charge in [-0.3, -0.25) is 9.69 Å². The fraction of sp³-hybridized carbons (Fsp3) is 0.583. The molecular weight excluding hydrogens is 622 g/mol. The number of allylic oxidation sites excluding steroid dienone is 1. The molecular formula is C36H48ClN3O5S. The highest BCUT2D eigenvalue weighted by Gasteiger charge is 2.38. The number of halogens is 1. The number of benzene rings is 2. The number of nitrogens with one attached hydrogen (secondary N) is 1. The third-order valence-electron chi connectivity index (χ3n) is 10.7. The molecule has 46 heavy (non-hydrogen) atoms. The van der Waals surface area contributed by atoms with Crippen molar-refractivity contribution in [1.82, 2.24) is 9.62 Å². The number of hydrogen-bond acceptors (Lipinski definition) is 7. The van der Waals surface area contributed by atoms with Crippen molar-refractivity contribution in [2.75, 3.05) is 50.8 Å². The van der Waals surface area contributed by atoms with Crippen LogP contribution in [0.2, 0.25) is 5.02 Å². The topological polar surface area (TPSA) is 88.2 Å². The maximum atomic E-state index is 13.5. The minimum absolute atomic E-state index is 0.148. The van der Waals surface area contributed by atoms with E-state index in [-0.39, 0.29) is 5.92 Å². The Kier molecular flexibility index (Phi) is 10.6. The Balaban J connectivity index is 1.36. The second-order valence-electron chi connectivity index (χ2n) is 13.7. The fourth-order valence-electron chi connectivity index (χ4n) is 7.42. The molecule has 0 radical (unpaired) electrons. The van der Waals surface area contributed by atoms with Gasteiger partial charge in [-0.05, 0) is 111 Å². The molecule has 2 aromatic rings. The predicted molar refractivity (Wildman–Crippen MR) is 183 cm³/mol. The number of anilines is 1. The van der Waals surface area contributed by atoms with Crippen LogP contribution in [-0.4, -0.2) is 70.4 Å². The molecule has 3 aliphatic heterocycles. The van der Waals surface area contributed by atoms with Crippen molar-refractivity contribution in [3.05, 3.63) is 70.3 Å². The van der Waals surface area contributed by atoms with Crippen LogP contribution in [-0.2, 0) is 27.8 Å². The van der Waals surface area contributed by atoms with Crippen LogP contribution in [0.1, 0.15) is 67.4 Å². The van der Waals surface area contributed by atoms with E-state index in [4.69, 9.17) is 21.1 Å². The van der Waals surface area contributed by atoms with Crippen LogP contribution in [0, 0.1) is 23.7 Å². The lowest BCUT2D eigenvalue weighted by Gasteiger charge is -2.45. The molecule has 0 aromatic heterocycles. The third-order valence-corrected chi connectivity index (χ3v) is 12.9. The number of hydrogen-bond donors (Lipinski definition) is 1. The summed E-state index contributed by atoms with van der Waals surface area (Å²) in [4.78, 5) is 18.4. The molecule has 5 atom stereocenters. The van der Waals surface area contributed by atoms with Gasteiger partial charge in [0, 0.05) is 43.3 Å². The molecule has 0 unspecified atom stereocenters. The summed E-state index contributed by atoms with van der Waals surface area (Å²) in [6.07, 6.45) is 10.4. The van der Waals surface area contributed by atoms with Gasteiger partial charge < -0.3 is 14.4 Å². The Morgan fingerprint density at radius 3 is 2.61 bits per heavy atom. The van der Waals surface area contributed by atoms with Crippen LogP contribution in [0.4, 0.5) is 5.69 Å². The van der Waals surface area contributed by atoms with Crippen LogP contribution in [0.15, 0.2) is 48.6 Å². The number of amides is 1. The summed E-state index contributed by atoms with van der Waals surface area (Å²) in [6.45, 7) is 10.1. The van der Waals surface area contributed by atoms with E-state index in [0.717, 1.165) is 81.5 Å². The quantitative estimate of drug-likeness (QED) is 0.388. The van der Waals surface area contributed by atoms with Crippen molar-refractivity contribution in [2.24, 2.45) is 23.7 Å². The highest BCUT2D eigenvalue weighted by atomic mass is 35.5. The van der Waals surface area contributed by atoms with Gasteiger partial charge in [0.2, 0.25) is 10.0 Å². The van der Waals surface area contributed by atoms with Crippen molar-refractivity contribution < 1.29 is 22.7 Å². The molecule has 1 N–H and O–H groups in total. The number of aryl methyl sites for hydroxylation is 1. The summed E-state index contributed by atoms with van der Waals surface area (Å²) in [5.74, 6) is 1.37. The maximum absolute atomic E-state index is 13.5. The summed E-state index contributed by atoms with van der Waals surface area (Å²) in [7, 11) is -3.89. The number of morpholine rings is 1. The molecule has 2 bridgehead atoms. The molecule has 1 amide bonds. The number of carbonyl (C=O) groups is 1. The number of ether oxygens (including phenoxy) is 2. The molecule has 6 rings (SSSR count). The van der Waals surface area contributed by atoms with Gasteiger partial charge in [-0.15, -0.1) is 0 Å². The molecule has 1 saturated heterocycles. The number of carbonyl (C=O) groups excluding carboxylic acids is 1. The Morgan fingerprint density at radius 2 is 1.83 bits per heavy atom. The number of nitrogens with zero attached hydrogens (tertiary/aromatic N) is 2. The first-order valence-corrected chi connectivity index (χ1v) is 18.9. The Morgan fingerprint density at radius 1 is 1.00 bits per heavy atom. The summed E-state index contributed by atoms with van der Waals surface area (Å²) >= 11 is 6.36. The van der Waals surface area contributed by atoms with Crippen LogP contribution in [0.3, 0.4) is 0 Å². The van der Waals surface area contributed by atoms with Gasteiger partial charge in [-0.25, -0.2) is 13.1 Å². The Hall–Kier alpha value is -2.59. The highest BCUT2D eigenvalue weighted by Crippen LogP contribution is 2.43. The van der Waals surface area contributed by atoms with Crippen molar-refractivity contribution in [2.45, 2.75) is 64.2 Å². The minimum atomic E-state index is -3.89. The summed E-state index contributed by atoms with van der Waals surface area (Å²) < 4.78 is 41.3. The molecule has 1 saturated carbocycles. The van der Waals surface area contributed by atoms with Crippen molar-refractivity contribution in [1.29, 1.82) is 0 Å². The van der Waals surface area contributed by atoms with Crippen molar-refractivity contribution >= 4 is 33.2 Å². The molecule has 8 nitrogen and oxygen atoms in total. The zero-order valence-electron chi connectivity index (χ0n) is 27.1. The van der Waals surface area contributed by atoms with Gasteiger partial charge in [0.1, 0.15) is 12.4 Å². The van der Waals surface area contributed by atoms with Crippen LogP contribution in [0.5, 0.6) is 5.75 Å². The Bertz CT molecular complexity index is 1530. The van der Waals surface area contributed by atoms with Crippen molar-refractivity contribution in [3.8, 4) is 5.75 Å². The monoisotopic (exact) mass is 669 g/mol. The first kappa shape index (κ1) is 33.3. The fourth-order valence-corrected chi connectivity index (χ4v) is 8.89. The van der Waals surface area contributed by atoms with Gasteiger partial charge in [0.05, 0.1) is 24.2 Å². The Labute approximate surface area is 279 Å². The van der Waals surface area contributed by atoms with Crippen LogP contribution in [0.25, 0.3) is 0 Å². The molecule has 2 fully saturated rings. The van der Waals surface area contributed by atoms with Gasteiger partial charge in [-0.1, -0.05) is 36.7 Å². The number of sulfonamides is 1. The smallest absolute Gasteiger partial charge is 0.264 e. The lowest BCUT2D eigenvalue weighted by Crippen LogP contribution is -2.46. The summed E-state index contributed by atoms with van der Waals surface area (Å²) in [5, 5.41) is 0.00235. The zero-order chi connectivity index (χ0) is 32.3. The van der Waals surface area contributed by atoms with E-state index >= 15 is 0 Å². The van der Waals surface area contributed by atoms with Gasteiger partial charge in [0.25, 0.3) is 5.91 Å². The normalized spacial score (nSPS) is 29.9. The summed E-state index contributed by atoms with van der Waals surface area (Å²) in [5.41, 5.74) is 3.47. The second-order valence-corrected chi connectivity index (χ2v) is 16.2. The SMILES string of the molecule is C[C@@H]1[C@@H](C)C/C=C/[C@H](CN2CCOCC2)[C@@H]2CC[C@H]2CN2CCCCc3cc(Cl)ccc3COc3ccc(cc32)C(=O)NS1(=O)=O. The molecule has 10 heteroatoms. The molecule has 250 valence electrons. The van der Waals surface area contributed by atoms with Crippen LogP contribution < -0.4 is 14.4 Å². The average Bonchev–Trinajstić information content (AvgIpc) is 3.05. The molecule has 2 aromatic carbocycles. The molecule has 3 heterocycles. The van der Waals surface area contributed by atoms with Gasteiger partial charge in [0.15, 0.2) is 0 Å². The first-order valence-electron chi connectivity index (χ1n) is 17.0. The van der Waals surface area contributed by atoms with E-state index in [1.54, 1.807) is 13.0 Å². The third kappa shape index (κ3) is 7.75. The highest BCUT2D eigenvalue weighted by molar-refractivity contribution is 7.90. The van der Waals surface area contributed by atoms with E-state index in [1.165, 1.54) is 18.4 Å². The van der Waals surface area contributed by atoms with E-state index in [2.05, 4.69) is 26.7 Å². The van der Waals surface area contributed by atoms with E-state index in [9.17, 15) is 13.2 Å². The second kappa shape index (κ2) is 14.7. The largest absolute Gasteiger partial charge is 0.487 e. The standard InChI is InChI=1S/C36H48ClN3O5S/c1-25-6-5-8-29(22-39-16-18-44-19-17-39)33-13-10-30(33)23-40-15-4-3-7-27-20-32(37)12-9-31(27)24-45-35-14-11-28(21-34(35)40)36(41)38-46(42,43)26(25)2/h5,8-9,11-12,14,20-21,25-26,29-30,33H,3-4,6-7,10,13,15-19,22-24H2,1-2H3,(H,38,41)/b8-5+/t25-,26+,29+,30-,33-/m0/s1. The number of rotatable bonds is 2. The van der Waals surface area contributed by atoms with E-state index in [0.29, 0.717) is 42.1 Å². The van der Waals surface area contributed by atoms with Crippen molar-refractivity contribution in [3.63, 3.8) is 0 Å². The lowest BCUT2D eigenvalue weighted by molar-refractivity contribution is 0.0191. The van der Waals surface area contributed by atoms with E-state index < -0.39 is 21.2 Å². The molecule has 4 aliphatic rings. The zero-order valence-corrected chi connectivity index (χ0v) is 28.7. The first-order chi connectivity index (χ1) is 22.2. The number of fused-ring (bicyclic) bond motifs is 3.